The Morgan fingerprint density at radius 3 is 2.53 bits per heavy atom. The highest BCUT2D eigenvalue weighted by Crippen LogP contribution is 2.27. The molecule has 10 heteroatoms. The minimum absolute atomic E-state index is 0.0522. The van der Waals surface area contributed by atoms with Crippen LogP contribution in [0.1, 0.15) is 28.0 Å². The number of nitrogens with one attached hydrogen (secondary N) is 1. The summed E-state index contributed by atoms with van der Waals surface area (Å²) in [5.74, 6) is -0.517. The maximum Gasteiger partial charge on any atom is 0.280 e. The highest BCUT2D eigenvalue weighted by Gasteiger charge is 2.22. The Balaban J connectivity index is 1.43. The zero-order chi connectivity index (χ0) is 23.7. The molecule has 3 aromatic heterocycles. The van der Waals surface area contributed by atoms with Gasteiger partial charge in [-0.1, -0.05) is 58.4 Å². The van der Waals surface area contributed by atoms with E-state index in [1.807, 2.05) is 30.3 Å². The van der Waals surface area contributed by atoms with Crippen molar-refractivity contribution in [2.24, 2.45) is 0 Å². The van der Waals surface area contributed by atoms with Crippen LogP contribution in [0.2, 0.25) is 0 Å². The quantitative estimate of drug-likeness (QED) is 0.315. The van der Waals surface area contributed by atoms with Gasteiger partial charge in [0.2, 0.25) is 0 Å². The molecule has 0 aliphatic carbocycles. The summed E-state index contributed by atoms with van der Waals surface area (Å²) in [6, 6.07) is 18.1. The first-order valence-electron chi connectivity index (χ1n) is 10.3. The molecule has 0 saturated carbocycles. The molecule has 5 rings (SSSR count). The summed E-state index contributed by atoms with van der Waals surface area (Å²) in [4.78, 5) is 17.4. The van der Waals surface area contributed by atoms with E-state index in [0.717, 1.165) is 14.6 Å². The first kappa shape index (κ1) is 21.9. The van der Waals surface area contributed by atoms with Crippen LogP contribution in [0.5, 0.6) is 0 Å². The van der Waals surface area contributed by atoms with Crippen molar-refractivity contribution in [1.29, 1.82) is 0 Å². The van der Waals surface area contributed by atoms with Gasteiger partial charge in [-0.3, -0.25) is 9.48 Å². The number of benzene rings is 2. The molecule has 34 heavy (non-hydrogen) atoms. The Kier molecular flexibility index (Phi) is 5.89. The summed E-state index contributed by atoms with van der Waals surface area (Å²) < 4.78 is 31.2. The third kappa shape index (κ3) is 4.44. The number of carbonyl (C=O) groups is 1. The number of halogens is 3. The molecular formula is C24H17BrF2N6O. The molecule has 170 valence electrons. The lowest BCUT2D eigenvalue weighted by Crippen LogP contribution is -2.12. The maximum absolute atomic E-state index is 13.8. The van der Waals surface area contributed by atoms with Gasteiger partial charge in [0.1, 0.15) is 11.3 Å². The predicted octanol–water partition coefficient (Wildman–Crippen LogP) is 5.59. The van der Waals surface area contributed by atoms with Crippen LogP contribution in [0.3, 0.4) is 0 Å². The summed E-state index contributed by atoms with van der Waals surface area (Å²) in [6.07, 6.45) is 1.67. The minimum Gasteiger partial charge on any atom is -0.319 e. The normalized spacial score (nSPS) is 11.3. The van der Waals surface area contributed by atoms with Crippen LogP contribution in [-0.2, 0) is 6.54 Å². The van der Waals surface area contributed by atoms with Gasteiger partial charge in [0.15, 0.2) is 5.65 Å². The van der Waals surface area contributed by atoms with Gasteiger partial charge in [-0.25, -0.2) is 18.3 Å². The van der Waals surface area contributed by atoms with E-state index in [0.29, 0.717) is 23.5 Å². The number of carbonyl (C=O) groups excluding carboxylic acids is 1. The smallest absolute Gasteiger partial charge is 0.280 e. The maximum atomic E-state index is 13.8. The zero-order valence-electron chi connectivity index (χ0n) is 17.6. The fraction of sp³-hybridized carbons (Fsp3) is 0.0833. The van der Waals surface area contributed by atoms with Crippen LogP contribution >= 0.6 is 15.9 Å². The number of aromatic nitrogens is 5. The van der Waals surface area contributed by atoms with Crippen molar-refractivity contribution >= 4 is 33.2 Å². The van der Waals surface area contributed by atoms with Gasteiger partial charge in [0, 0.05) is 16.2 Å². The molecule has 3 heterocycles. The van der Waals surface area contributed by atoms with Crippen LogP contribution in [-0.4, -0.2) is 30.3 Å². The van der Waals surface area contributed by atoms with Gasteiger partial charge in [-0.05, 0) is 23.8 Å². The van der Waals surface area contributed by atoms with E-state index in [9.17, 15) is 13.6 Å². The number of fused-ring (bicyclic) bond motifs is 1. The number of hydrogen-bond donors (Lipinski definition) is 1. The molecule has 0 bridgehead atoms. The van der Waals surface area contributed by atoms with E-state index >= 15 is 0 Å². The Bertz CT molecular complexity index is 1460. The Morgan fingerprint density at radius 2 is 1.79 bits per heavy atom. The SMILES string of the molecule is O=C(Nc1cnn(Cc2ccc(Br)cc2)c1)c1cnn2c(C(F)F)cc(-c3ccccc3)nc12. The van der Waals surface area contributed by atoms with Crippen molar-refractivity contribution in [3.63, 3.8) is 0 Å². The lowest BCUT2D eigenvalue weighted by molar-refractivity contribution is 0.102. The van der Waals surface area contributed by atoms with Crippen LogP contribution in [0, 0.1) is 0 Å². The second-order valence-electron chi connectivity index (χ2n) is 7.53. The molecule has 0 fully saturated rings. The van der Waals surface area contributed by atoms with E-state index in [2.05, 4.69) is 36.4 Å². The Labute approximate surface area is 201 Å². The number of nitrogens with zero attached hydrogens (tertiary/aromatic N) is 5. The van der Waals surface area contributed by atoms with Gasteiger partial charge < -0.3 is 5.32 Å². The van der Waals surface area contributed by atoms with E-state index in [4.69, 9.17) is 0 Å². The summed E-state index contributed by atoms with van der Waals surface area (Å²) in [6.45, 7) is 0.527. The van der Waals surface area contributed by atoms with E-state index in [1.165, 1.54) is 18.5 Å². The van der Waals surface area contributed by atoms with Crippen LogP contribution in [0.4, 0.5) is 14.5 Å². The van der Waals surface area contributed by atoms with E-state index in [-0.39, 0.29) is 16.9 Å². The Morgan fingerprint density at radius 1 is 1.03 bits per heavy atom. The molecule has 0 spiro atoms. The number of hydrogen-bond acceptors (Lipinski definition) is 4. The van der Waals surface area contributed by atoms with Crippen molar-refractivity contribution in [1.82, 2.24) is 24.4 Å². The standard InChI is InChI=1S/C24H17BrF2N6O/c25-17-8-6-15(7-9-17)13-32-14-18(11-28-32)30-24(34)19-12-29-33-21(22(26)27)10-20(31-23(19)33)16-4-2-1-3-5-16/h1-12,14,22H,13H2,(H,30,34). The van der Waals surface area contributed by atoms with Crippen molar-refractivity contribution in [2.45, 2.75) is 13.0 Å². The summed E-state index contributed by atoms with van der Waals surface area (Å²) in [5, 5.41) is 11.0. The molecular weight excluding hydrogens is 506 g/mol. The summed E-state index contributed by atoms with van der Waals surface area (Å²) >= 11 is 3.40. The lowest BCUT2D eigenvalue weighted by atomic mass is 10.1. The van der Waals surface area contributed by atoms with Crippen molar-refractivity contribution in [3.05, 3.63) is 101 Å². The third-order valence-corrected chi connectivity index (χ3v) is 5.71. The predicted molar refractivity (Wildman–Crippen MR) is 127 cm³/mol. The molecule has 0 saturated heterocycles. The topological polar surface area (TPSA) is 77.1 Å². The summed E-state index contributed by atoms with van der Waals surface area (Å²) in [5.41, 5.74) is 2.30. The van der Waals surface area contributed by atoms with Gasteiger partial charge in [-0.2, -0.15) is 10.2 Å². The first-order chi connectivity index (χ1) is 16.5. The molecule has 0 radical (unpaired) electrons. The number of anilines is 1. The molecule has 7 nitrogen and oxygen atoms in total. The van der Waals surface area contributed by atoms with E-state index < -0.39 is 12.3 Å². The highest BCUT2D eigenvalue weighted by molar-refractivity contribution is 9.10. The minimum atomic E-state index is -2.79. The van der Waals surface area contributed by atoms with Gasteiger partial charge in [0.25, 0.3) is 12.3 Å². The molecule has 1 amide bonds. The van der Waals surface area contributed by atoms with Gasteiger partial charge >= 0.3 is 0 Å². The average molecular weight is 523 g/mol. The van der Waals surface area contributed by atoms with Crippen LogP contribution in [0.25, 0.3) is 16.9 Å². The third-order valence-electron chi connectivity index (χ3n) is 5.19. The molecule has 5 aromatic rings. The average Bonchev–Trinajstić information content (AvgIpc) is 3.47. The van der Waals surface area contributed by atoms with Crippen molar-refractivity contribution in [3.8, 4) is 11.3 Å². The Hall–Kier alpha value is -3.92. The number of rotatable bonds is 6. The monoisotopic (exact) mass is 522 g/mol. The summed E-state index contributed by atoms with van der Waals surface area (Å²) in [7, 11) is 0. The molecule has 0 aliphatic rings. The zero-order valence-corrected chi connectivity index (χ0v) is 19.2. The fourth-order valence-electron chi connectivity index (χ4n) is 3.55. The highest BCUT2D eigenvalue weighted by atomic mass is 79.9. The van der Waals surface area contributed by atoms with Gasteiger partial charge in [0.05, 0.1) is 30.3 Å². The molecule has 2 aromatic carbocycles. The second kappa shape index (κ2) is 9.14. The molecule has 0 unspecified atom stereocenters. The van der Waals surface area contributed by atoms with Crippen molar-refractivity contribution < 1.29 is 13.6 Å². The molecule has 0 atom stereocenters. The van der Waals surface area contributed by atoms with Crippen molar-refractivity contribution in [2.75, 3.05) is 5.32 Å². The van der Waals surface area contributed by atoms with Crippen LogP contribution < -0.4 is 5.32 Å². The fourth-order valence-corrected chi connectivity index (χ4v) is 3.81. The molecule has 1 N–H and O–H groups in total. The lowest BCUT2D eigenvalue weighted by Gasteiger charge is -2.08. The van der Waals surface area contributed by atoms with Gasteiger partial charge in [-0.15, -0.1) is 0 Å². The largest absolute Gasteiger partial charge is 0.319 e. The van der Waals surface area contributed by atoms with Crippen LogP contribution in [0.15, 0.2) is 83.7 Å². The number of alkyl halides is 2. The second-order valence-corrected chi connectivity index (χ2v) is 8.45. The molecule has 0 aliphatic heterocycles. The first-order valence-corrected chi connectivity index (χ1v) is 11.1. The number of amides is 1. The van der Waals surface area contributed by atoms with E-state index in [1.54, 1.807) is 35.1 Å².